The van der Waals surface area contributed by atoms with Crippen molar-refractivity contribution in [2.75, 3.05) is 0 Å². The molecule has 1 aromatic carbocycles. The normalized spacial score (nSPS) is 10.1. The second-order valence-electron chi connectivity index (χ2n) is 4.90. The molecule has 0 spiro atoms. The molecule has 0 saturated heterocycles. The first-order valence-electron chi connectivity index (χ1n) is 6.51. The lowest BCUT2D eigenvalue weighted by atomic mass is 10.3. The van der Waals surface area contributed by atoms with E-state index in [0.717, 1.165) is 22.9 Å². The molecule has 0 atom stereocenters. The van der Waals surface area contributed by atoms with E-state index in [-0.39, 0.29) is 24.8 Å². The molecule has 0 aliphatic carbocycles. The number of benzene rings is 1. The Hall–Kier alpha value is -1.20. The van der Waals surface area contributed by atoms with Gasteiger partial charge in [-0.2, -0.15) is 0 Å². The van der Waals surface area contributed by atoms with Gasteiger partial charge in [-0.05, 0) is 32.0 Å². The summed E-state index contributed by atoms with van der Waals surface area (Å²) in [7, 11) is 0. The van der Waals surface area contributed by atoms with Gasteiger partial charge in [0.15, 0.2) is 0 Å². The second kappa shape index (κ2) is 8.06. The lowest BCUT2D eigenvalue weighted by Gasteiger charge is -2.05. The molecule has 124 valence electrons. The highest BCUT2D eigenvalue weighted by molar-refractivity contribution is 6.42. The Balaban J connectivity index is 0.00000132. The van der Waals surface area contributed by atoms with Gasteiger partial charge in [-0.1, -0.05) is 23.2 Å². The third kappa shape index (κ3) is 4.21. The van der Waals surface area contributed by atoms with Crippen LogP contribution >= 0.6 is 48.0 Å². The van der Waals surface area contributed by atoms with E-state index in [1.807, 2.05) is 42.9 Å². The molecule has 0 aliphatic heterocycles. The highest BCUT2D eigenvalue weighted by Crippen LogP contribution is 2.24. The SMILES string of the molecule is Cc1cnc(C)n1Cc1cn(-c2ccc(Cl)c(Cl)c2)cn1.Cl.Cl. The number of nitrogens with zero attached hydrogens (tertiary/aromatic N) is 4. The molecule has 3 aromatic rings. The number of hydrogen-bond acceptors (Lipinski definition) is 2. The molecule has 2 heterocycles. The number of halogens is 4. The topological polar surface area (TPSA) is 35.6 Å². The van der Waals surface area contributed by atoms with Crippen molar-refractivity contribution in [3.8, 4) is 5.69 Å². The van der Waals surface area contributed by atoms with E-state index in [1.54, 1.807) is 12.4 Å². The highest BCUT2D eigenvalue weighted by Gasteiger charge is 2.07. The zero-order chi connectivity index (χ0) is 15.0. The lowest BCUT2D eigenvalue weighted by Crippen LogP contribution is -2.04. The fourth-order valence-electron chi connectivity index (χ4n) is 2.21. The standard InChI is InChI=1S/C15H14Cl2N4.2ClH/c1-10-6-18-11(2)21(10)8-12-7-20(9-19-12)13-3-4-14(16)15(17)5-13;;/h3-7,9H,8H2,1-2H3;2*1H. The van der Waals surface area contributed by atoms with Crippen LogP contribution in [-0.4, -0.2) is 19.1 Å². The minimum absolute atomic E-state index is 0. The van der Waals surface area contributed by atoms with Crippen LogP contribution in [0.4, 0.5) is 0 Å². The Bertz CT molecular complexity index is 775. The maximum absolute atomic E-state index is 6.05. The fraction of sp³-hybridized carbons (Fsp3) is 0.200. The average molecular weight is 394 g/mol. The number of aromatic nitrogens is 4. The van der Waals surface area contributed by atoms with Crippen molar-refractivity contribution in [2.45, 2.75) is 20.4 Å². The van der Waals surface area contributed by atoms with E-state index >= 15 is 0 Å². The van der Waals surface area contributed by atoms with Gasteiger partial charge in [0.1, 0.15) is 5.82 Å². The van der Waals surface area contributed by atoms with E-state index in [9.17, 15) is 0 Å². The zero-order valence-corrected chi connectivity index (χ0v) is 15.7. The van der Waals surface area contributed by atoms with E-state index in [0.29, 0.717) is 16.6 Å². The molecular formula is C15H16Cl4N4. The van der Waals surface area contributed by atoms with Crippen LogP contribution in [-0.2, 0) is 6.54 Å². The van der Waals surface area contributed by atoms with Crippen molar-refractivity contribution in [3.63, 3.8) is 0 Å². The van der Waals surface area contributed by atoms with Crippen LogP contribution < -0.4 is 0 Å². The van der Waals surface area contributed by atoms with Gasteiger partial charge in [0.25, 0.3) is 0 Å². The summed E-state index contributed by atoms with van der Waals surface area (Å²) in [6.07, 6.45) is 5.63. The molecular weight excluding hydrogens is 378 g/mol. The van der Waals surface area contributed by atoms with Gasteiger partial charge in [0, 0.05) is 23.8 Å². The van der Waals surface area contributed by atoms with Gasteiger partial charge in [-0.3, -0.25) is 0 Å². The van der Waals surface area contributed by atoms with E-state index in [1.165, 1.54) is 0 Å². The highest BCUT2D eigenvalue weighted by atomic mass is 35.5. The number of imidazole rings is 2. The number of rotatable bonds is 3. The molecule has 0 saturated carbocycles. The van der Waals surface area contributed by atoms with Crippen LogP contribution in [0.15, 0.2) is 36.9 Å². The molecule has 0 amide bonds. The smallest absolute Gasteiger partial charge is 0.106 e. The molecule has 0 bridgehead atoms. The first-order chi connectivity index (χ1) is 10.0. The first kappa shape index (κ1) is 19.8. The van der Waals surface area contributed by atoms with Gasteiger partial charge >= 0.3 is 0 Å². The summed E-state index contributed by atoms with van der Waals surface area (Å²) in [5.41, 5.74) is 3.02. The molecule has 0 aliphatic rings. The average Bonchev–Trinajstić information content (AvgIpc) is 3.04. The summed E-state index contributed by atoms with van der Waals surface area (Å²) in [5, 5.41) is 1.08. The molecule has 4 nitrogen and oxygen atoms in total. The molecule has 0 unspecified atom stereocenters. The third-order valence-electron chi connectivity index (χ3n) is 3.41. The van der Waals surface area contributed by atoms with Gasteiger partial charge in [0.2, 0.25) is 0 Å². The van der Waals surface area contributed by atoms with Crippen LogP contribution in [0.5, 0.6) is 0 Å². The fourth-order valence-corrected chi connectivity index (χ4v) is 2.51. The van der Waals surface area contributed by atoms with Crippen molar-refractivity contribution in [2.24, 2.45) is 0 Å². The molecule has 2 aromatic heterocycles. The van der Waals surface area contributed by atoms with E-state index < -0.39 is 0 Å². The summed E-state index contributed by atoms with van der Waals surface area (Å²) >= 11 is 12.0. The van der Waals surface area contributed by atoms with Crippen molar-refractivity contribution in [3.05, 3.63) is 64.2 Å². The largest absolute Gasteiger partial charge is 0.327 e. The third-order valence-corrected chi connectivity index (χ3v) is 4.15. The Labute approximate surface area is 157 Å². The molecule has 3 rings (SSSR count). The zero-order valence-electron chi connectivity index (χ0n) is 12.5. The predicted molar refractivity (Wildman–Crippen MR) is 98.9 cm³/mol. The molecule has 0 N–H and O–H groups in total. The Morgan fingerprint density at radius 2 is 1.78 bits per heavy atom. The van der Waals surface area contributed by atoms with Crippen LogP contribution in [0.1, 0.15) is 17.2 Å². The summed E-state index contributed by atoms with van der Waals surface area (Å²) < 4.78 is 4.06. The Morgan fingerprint density at radius 1 is 1.04 bits per heavy atom. The minimum atomic E-state index is 0. The summed E-state index contributed by atoms with van der Waals surface area (Å²) in [6.45, 7) is 4.73. The lowest BCUT2D eigenvalue weighted by molar-refractivity contribution is 0.724. The summed E-state index contributed by atoms with van der Waals surface area (Å²) in [5.74, 6) is 0.983. The van der Waals surface area contributed by atoms with Gasteiger partial charge < -0.3 is 9.13 Å². The number of hydrogen-bond donors (Lipinski definition) is 0. The van der Waals surface area contributed by atoms with Crippen molar-refractivity contribution in [1.82, 2.24) is 19.1 Å². The van der Waals surface area contributed by atoms with Crippen molar-refractivity contribution in [1.29, 1.82) is 0 Å². The van der Waals surface area contributed by atoms with E-state index in [4.69, 9.17) is 23.2 Å². The minimum Gasteiger partial charge on any atom is -0.327 e. The monoisotopic (exact) mass is 392 g/mol. The quantitative estimate of drug-likeness (QED) is 0.635. The van der Waals surface area contributed by atoms with Crippen molar-refractivity contribution >= 4 is 48.0 Å². The van der Waals surface area contributed by atoms with Crippen LogP contribution in [0.2, 0.25) is 10.0 Å². The van der Waals surface area contributed by atoms with E-state index in [2.05, 4.69) is 14.5 Å². The second-order valence-corrected chi connectivity index (χ2v) is 5.72. The predicted octanol–water partition coefficient (Wildman–Crippen LogP) is 4.88. The molecule has 0 radical (unpaired) electrons. The maximum Gasteiger partial charge on any atom is 0.106 e. The van der Waals surface area contributed by atoms with Gasteiger partial charge in [0.05, 0.1) is 28.6 Å². The van der Waals surface area contributed by atoms with Gasteiger partial charge in [-0.25, -0.2) is 9.97 Å². The van der Waals surface area contributed by atoms with Crippen LogP contribution in [0.3, 0.4) is 0 Å². The van der Waals surface area contributed by atoms with Crippen molar-refractivity contribution < 1.29 is 0 Å². The number of aryl methyl sites for hydroxylation is 2. The molecule has 8 heteroatoms. The van der Waals surface area contributed by atoms with Gasteiger partial charge in [-0.15, -0.1) is 24.8 Å². The maximum atomic E-state index is 6.05. The van der Waals surface area contributed by atoms with Crippen LogP contribution in [0, 0.1) is 13.8 Å². The summed E-state index contributed by atoms with van der Waals surface area (Å²) in [6, 6.07) is 5.51. The summed E-state index contributed by atoms with van der Waals surface area (Å²) in [4.78, 5) is 8.73. The van der Waals surface area contributed by atoms with Crippen LogP contribution in [0.25, 0.3) is 5.69 Å². The first-order valence-corrected chi connectivity index (χ1v) is 7.27. The Kier molecular flexibility index (Phi) is 6.96. The Morgan fingerprint density at radius 3 is 2.39 bits per heavy atom. The molecule has 23 heavy (non-hydrogen) atoms. The molecule has 0 fully saturated rings.